The Kier molecular flexibility index (Phi) is 6.52. The van der Waals surface area contributed by atoms with Crippen LogP contribution in [0, 0.1) is 20.8 Å². The Morgan fingerprint density at radius 2 is 2.09 bits per heavy atom. The van der Waals surface area contributed by atoms with E-state index in [4.69, 9.17) is 13.9 Å². The van der Waals surface area contributed by atoms with E-state index in [1.807, 2.05) is 32.9 Å². The van der Waals surface area contributed by atoms with Crippen LogP contribution in [0.25, 0.3) is 17.4 Å². The zero-order valence-electron chi connectivity index (χ0n) is 18.8. The molecule has 1 atom stereocenters. The van der Waals surface area contributed by atoms with Crippen LogP contribution in [-0.4, -0.2) is 70.2 Å². The van der Waals surface area contributed by atoms with Gasteiger partial charge in [-0.3, -0.25) is 10.2 Å². The minimum Gasteiger partial charge on any atom is -0.458 e. The lowest BCUT2D eigenvalue weighted by atomic mass is 10.3. The van der Waals surface area contributed by atoms with Gasteiger partial charge in [-0.1, -0.05) is 0 Å². The van der Waals surface area contributed by atoms with Gasteiger partial charge in [-0.05, 0) is 45.4 Å². The zero-order chi connectivity index (χ0) is 22.7. The van der Waals surface area contributed by atoms with Crippen molar-refractivity contribution in [2.45, 2.75) is 33.3 Å². The standard InChI is InChI=1S/C22H28N6O4/c1-14-11-15(2)28(26-14)20-12-19(23-21(25-20)18-6-5-16(3)31-18)24-22(29)32-17-7-8-27(13-17)9-10-30-4/h5-6,11-12,17H,7-10,13H2,1-4H3,(H,23,24,25,29)/t17-/m1/s1. The first-order valence-electron chi connectivity index (χ1n) is 10.6. The van der Waals surface area contributed by atoms with Gasteiger partial charge in [0.05, 0.1) is 12.3 Å². The molecule has 32 heavy (non-hydrogen) atoms. The summed E-state index contributed by atoms with van der Waals surface area (Å²) in [7, 11) is 1.68. The molecule has 0 aliphatic carbocycles. The van der Waals surface area contributed by atoms with E-state index in [9.17, 15) is 4.79 Å². The van der Waals surface area contributed by atoms with Gasteiger partial charge < -0.3 is 13.9 Å². The van der Waals surface area contributed by atoms with Crippen LogP contribution in [0.15, 0.2) is 28.7 Å². The number of carbonyl (C=O) groups excluding carboxylic acids is 1. The molecule has 0 bridgehead atoms. The monoisotopic (exact) mass is 440 g/mol. The lowest BCUT2D eigenvalue weighted by Gasteiger charge is -2.16. The van der Waals surface area contributed by atoms with Crippen LogP contribution in [0.3, 0.4) is 0 Å². The van der Waals surface area contributed by atoms with E-state index in [1.165, 1.54) is 0 Å². The van der Waals surface area contributed by atoms with Crippen molar-refractivity contribution in [2.75, 3.05) is 38.7 Å². The van der Waals surface area contributed by atoms with Crippen molar-refractivity contribution >= 4 is 11.9 Å². The van der Waals surface area contributed by atoms with Gasteiger partial charge in [0.2, 0.25) is 0 Å². The first-order chi connectivity index (χ1) is 15.4. The summed E-state index contributed by atoms with van der Waals surface area (Å²) in [5.41, 5.74) is 1.78. The molecular formula is C22H28N6O4. The maximum absolute atomic E-state index is 12.6. The fourth-order valence-corrected chi connectivity index (χ4v) is 3.73. The number of nitrogens with one attached hydrogen (secondary N) is 1. The van der Waals surface area contributed by atoms with Crippen molar-refractivity contribution in [2.24, 2.45) is 0 Å². The van der Waals surface area contributed by atoms with Crippen molar-refractivity contribution in [1.82, 2.24) is 24.6 Å². The molecule has 1 saturated heterocycles. The molecule has 10 heteroatoms. The van der Waals surface area contributed by atoms with Crippen LogP contribution in [0.2, 0.25) is 0 Å². The van der Waals surface area contributed by atoms with Gasteiger partial charge in [0, 0.05) is 38.5 Å². The number of amides is 1. The fraction of sp³-hybridized carbons (Fsp3) is 0.455. The summed E-state index contributed by atoms with van der Waals surface area (Å²) in [6.07, 6.45) is 0.0639. The maximum atomic E-state index is 12.6. The predicted octanol–water partition coefficient (Wildman–Crippen LogP) is 3.12. The van der Waals surface area contributed by atoms with Crippen LogP contribution >= 0.6 is 0 Å². The Labute approximate surface area is 186 Å². The second-order valence-corrected chi connectivity index (χ2v) is 7.92. The average Bonchev–Trinajstić information content (AvgIpc) is 3.46. The first kappa shape index (κ1) is 22.0. The van der Waals surface area contributed by atoms with E-state index in [0.717, 1.165) is 36.7 Å². The van der Waals surface area contributed by atoms with Crippen molar-refractivity contribution in [3.8, 4) is 17.4 Å². The molecule has 0 unspecified atom stereocenters. The molecule has 10 nitrogen and oxygen atoms in total. The minimum absolute atomic E-state index is 0.170. The first-order valence-corrected chi connectivity index (χ1v) is 10.6. The number of hydrogen-bond acceptors (Lipinski definition) is 8. The number of nitrogens with zero attached hydrogens (tertiary/aromatic N) is 5. The highest BCUT2D eigenvalue weighted by Crippen LogP contribution is 2.23. The molecular weight excluding hydrogens is 412 g/mol. The maximum Gasteiger partial charge on any atom is 0.413 e. The topological polar surface area (TPSA) is 108 Å². The Morgan fingerprint density at radius 1 is 1.25 bits per heavy atom. The third-order valence-electron chi connectivity index (χ3n) is 5.24. The molecule has 1 fully saturated rings. The molecule has 170 valence electrons. The average molecular weight is 441 g/mol. The molecule has 3 aromatic rings. The van der Waals surface area contributed by atoms with Crippen LogP contribution in [0.1, 0.15) is 23.6 Å². The number of furan rings is 1. The highest BCUT2D eigenvalue weighted by Gasteiger charge is 2.25. The van der Waals surface area contributed by atoms with Crippen molar-refractivity contribution in [3.63, 3.8) is 0 Å². The smallest absolute Gasteiger partial charge is 0.413 e. The molecule has 1 N–H and O–H groups in total. The van der Waals surface area contributed by atoms with Crippen molar-refractivity contribution in [1.29, 1.82) is 0 Å². The number of ether oxygens (including phenoxy) is 2. The summed E-state index contributed by atoms with van der Waals surface area (Å²) in [6, 6.07) is 7.26. The van der Waals surface area contributed by atoms with E-state index in [-0.39, 0.29) is 6.10 Å². The third-order valence-corrected chi connectivity index (χ3v) is 5.24. The van der Waals surface area contributed by atoms with Gasteiger partial charge in [0.25, 0.3) is 0 Å². The molecule has 1 aliphatic rings. The van der Waals surface area contributed by atoms with Crippen molar-refractivity contribution in [3.05, 3.63) is 41.4 Å². The Morgan fingerprint density at radius 3 is 2.78 bits per heavy atom. The Balaban J connectivity index is 1.53. The molecule has 0 saturated carbocycles. The predicted molar refractivity (Wildman–Crippen MR) is 118 cm³/mol. The summed E-state index contributed by atoms with van der Waals surface area (Å²) in [6.45, 7) is 8.74. The summed E-state index contributed by atoms with van der Waals surface area (Å²) in [4.78, 5) is 23.8. The van der Waals surface area contributed by atoms with Gasteiger partial charge in [-0.2, -0.15) is 5.10 Å². The van der Waals surface area contributed by atoms with Gasteiger partial charge in [-0.15, -0.1) is 0 Å². The number of likely N-dealkylation sites (tertiary alicyclic amines) is 1. The number of anilines is 1. The molecule has 1 aliphatic heterocycles. The number of aryl methyl sites for hydroxylation is 3. The van der Waals surface area contributed by atoms with Crippen molar-refractivity contribution < 1.29 is 18.7 Å². The second kappa shape index (κ2) is 9.49. The van der Waals surface area contributed by atoms with Gasteiger partial charge in [-0.25, -0.2) is 19.4 Å². The van der Waals surface area contributed by atoms with Gasteiger partial charge >= 0.3 is 6.09 Å². The normalized spacial score (nSPS) is 16.4. The molecule has 1 amide bonds. The van der Waals surface area contributed by atoms with E-state index in [2.05, 4.69) is 25.3 Å². The Bertz CT molecular complexity index is 1090. The summed E-state index contributed by atoms with van der Waals surface area (Å²) < 4.78 is 18.1. The minimum atomic E-state index is -0.553. The molecule has 4 heterocycles. The highest BCUT2D eigenvalue weighted by atomic mass is 16.6. The third kappa shape index (κ3) is 5.14. The number of rotatable bonds is 7. The summed E-state index contributed by atoms with van der Waals surface area (Å²) in [5, 5.41) is 7.23. The van der Waals surface area contributed by atoms with Gasteiger partial charge in [0.1, 0.15) is 17.7 Å². The van der Waals surface area contributed by atoms with E-state index >= 15 is 0 Å². The van der Waals surface area contributed by atoms with Crippen LogP contribution in [0.5, 0.6) is 0 Å². The molecule has 3 aromatic heterocycles. The van der Waals surface area contributed by atoms with Crippen LogP contribution in [0.4, 0.5) is 10.6 Å². The largest absolute Gasteiger partial charge is 0.458 e. The number of aromatic nitrogens is 4. The molecule has 4 rings (SSSR count). The van der Waals surface area contributed by atoms with Crippen LogP contribution < -0.4 is 5.32 Å². The Hall–Kier alpha value is -3.24. The number of carbonyl (C=O) groups is 1. The quantitative estimate of drug-likeness (QED) is 0.597. The number of hydrogen-bond donors (Lipinski definition) is 1. The SMILES string of the molecule is COCCN1CC[C@@H](OC(=O)Nc2cc(-n3nc(C)cc3C)nc(-c3ccc(C)o3)n2)C1. The van der Waals surface area contributed by atoms with Crippen LogP contribution in [-0.2, 0) is 9.47 Å². The van der Waals surface area contributed by atoms with E-state index in [0.29, 0.717) is 36.4 Å². The van der Waals surface area contributed by atoms with E-state index < -0.39 is 6.09 Å². The second-order valence-electron chi connectivity index (χ2n) is 7.92. The summed E-state index contributed by atoms with van der Waals surface area (Å²) >= 11 is 0. The molecule has 0 spiro atoms. The zero-order valence-corrected chi connectivity index (χ0v) is 18.8. The fourth-order valence-electron chi connectivity index (χ4n) is 3.73. The molecule has 0 aromatic carbocycles. The lowest BCUT2D eigenvalue weighted by molar-refractivity contribution is 0.108. The highest BCUT2D eigenvalue weighted by molar-refractivity contribution is 5.84. The lowest BCUT2D eigenvalue weighted by Crippen LogP contribution is -2.29. The summed E-state index contributed by atoms with van der Waals surface area (Å²) in [5.74, 6) is 2.44. The number of methoxy groups -OCH3 is 1. The van der Waals surface area contributed by atoms with E-state index in [1.54, 1.807) is 23.9 Å². The molecule has 0 radical (unpaired) electrons. The van der Waals surface area contributed by atoms with Gasteiger partial charge in [0.15, 0.2) is 17.4 Å².